The van der Waals surface area contributed by atoms with Crippen molar-refractivity contribution in [2.24, 2.45) is 0 Å². The number of hydrogen-bond acceptors (Lipinski definition) is 6. The molecule has 0 radical (unpaired) electrons. The van der Waals surface area contributed by atoms with Crippen molar-refractivity contribution in [2.45, 2.75) is 25.0 Å². The molecule has 9 heteroatoms. The Hall–Kier alpha value is -2.16. The third-order valence-corrected chi connectivity index (χ3v) is 3.35. The highest BCUT2D eigenvalue weighted by Crippen LogP contribution is 2.22. The fourth-order valence-corrected chi connectivity index (χ4v) is 2.29. The Morgan fingerprint density at radius 3 is 2.85 bits per heavy atom. The molecule has 0 aliphatic heterocycles. The van der Waals surface area contributed by atoms with Gasteiger partial charge in [0.2, 0.25) is 0 Å². The van der Waals surface area contributed by atoms with Crippen LogP contribution in [0.2, 0.25) is 0 Å². The van der Waals surface area contributed by atoms with E-state index in [9.17, 15) is 9.59 Å². The molecule has 0 bridgehead atoms. The molecule has 0 atom stereocenters. The number of aliphatic carboxylic acids is 1. The molecule has 0 amide bonds. The number of rotatable bonds is 6. The highest BCUT2D eigenvalue weighted by Gasteiger charge is 2.15. The van der Waals surface area contributed by atoms with Gasteiger partial charge in [0.05, 0.1) is 5.75 Å². The van der Waals surface area contributed by atoms with E-state index >= 15 is 0 Å². The zero-order chi connectivity index (χ0) is 14.5. The second-order valence-corrected chi connectivity index (χ2v) is 4.89. The summed E-state index contributed by atoms with van der Waals surface area (Å²) in [6.07, 6.45) is 0.842. The van der Waals surface area contributed by atoms with Gasteiger partial charge in [-0.25, -0.2) is 5.10 Å². The molecule has 0 saturated carbocycles. The summed E-state index contributed by atoms with van der Waals surface area (Å²) in [6, 6.07) is 2.91. The summed E-state index contributed by atoms with van der Waals surface area (Å²) in [5.74, 6) is -0.485. The highest BCUT2D eigenvalue weighted by atomic mass is 32.2. The Kier molecular flexibility index (Phi) is 4.51. The Labute approximate surface area is 118 Å². The van der Waals surface area contributed by atoms with Crippen molar-refractivity contribution in [1.29, 1.82) is 0 Å². The van der Waals surface area contributed by atoms with E-state index in [-0.39, 0.29) is 11.3 Å². The summed E-state index contributed by atoms with van der Waals surface area (Å²) in [5.41, 5.74) is 0.198. The molecule has 0 saturated heterocycles. The van der Waals surface area contributed by atoms with Gasteiger partial charge in [0.25, 0.3) is 5.56 Å². The third kappa shape index (κ3) is 3.23. The first-order valence-corrected chi connectivity index (χ1v) is 6.94. The molecule has 2 aromatic heterocycles. The van der Waals surface area contributed by atoms with Crippen molar-refractivity contribution in [1.82, 2.24) is 25.0 Å². The molecule has 2 heterocycles. The first-order valence-electron chi connectivity index (χ1n) is 5.95. The van der Waals surface area contributed by atoms with Gasteiger partial charge < -0.3 is 9.67 Å². The van der Waals surface area contributed by atoms with Gasteiger partial charge in [0.15, 0.2) is 11.0 Å². The van der Waals surface area contributed by atoms with Crippen LogP contribution in [0.5, 0.6) is 0 Å². The van der Waals surface area contributed by atoms with Gasteiger partial charge in [0, 0.05) is 12.6 Å². The van der Waals surface area contributed by atoms with Crippen molar-refractivity contribution in [2.75, 3.05) is 5.75 Å². The minimum atomic E-state index is -0.912. The minimum absolute atomic E-state index is 0.0824. The van der Waals surface area contributed by atoms with E-state index < -0.39 is 5.97 Å². The molecule has 20 heavy (non-hydrogen) atoms. The summed E-state index contributed by atoms with van der Waals surface area (Å²) < 4.78 is 1.80. The fourth-order valence-electron chi connectivity index (χ4n) is 1.61. The average molecular weight is 295 g/mol. The molecule has 2 rings (SSSR count). The zero-order valence-electron chi connectivity index (χ0n) is 10.7. The first-order chi connectivity index (χ1) is 9.61. The van der Waals surface area contributed by atoms with E-state index in [1.54, 1.807) is 10.6 Å². The van der Waals surface area contributed by atoms with E-state index in [0.29, 0.717) is 23.2 Å². The smallest absolute Gasteiger partial charge is 0.313 e. The van der Waals surface area contributed by atoms with Gasteiger partial charge in [-0.15, -0.1) is 10.2 Å². The van der Waals surface area contributed by atoms with E-state index in [4.69, 9.17) is 5.11 Å². The summed E-state index contributed by atoms with van der Waals surface area (Å²) >= 11 is 1.10. The number of nitrogens with one attached hydrogen (secondary N) is 1. The number of carboxylic acids is 1. The van der Waals surface area contributed by atoms with Gasteiger partial charge in [-0.3, -0.25) is 9.59 Å². The number of thioether (sulfide) groups is 1. The van der Waals surface area contributed by atoms with Crippen LogP contribution in [0.4, 0.5) is 0 Å². The van der Waals surface area contributed by atoms with Crippen LogP contribution in [0.1, 0.15) is 13.3 Å². The van der Waals surface area contributed by atoms with Crippen LogP contribution in [0.15, 0.2) is 22.1 Å². The van der Waals surface area contributed by atoms with Crippen LogP contribution in [-0.2, 0) is 11.3 Å². The average Bonchev–Trinajstić information content (AvgIpc) is 2.81. The van der Waals surface area contributed by atoms with Gasteiger partial charge in [-0.1, -0.05) is 18.7 Å². The van der Waals surface area contributed by atoms with Crippen molar-refractivity contribution in [3.63, 3.8) is 0 Å². The summed E-state index contributed by atoms with van der Waals surface area (Å²) in [4.78, 5) is 21.6. The van der Waals surface area contributed by atoms with Crippen molar-refractivity contribution in [3.8, 4) is 11.5 Å². The maximum Gasteiger partial charge on any atom is 0.313 e. The fraction of sp³-hybridized carbons (Fsp3) is 0.364. The Morgan fingerprint density at radius 2 is 2.25 bits per heavy atom. The lowest BCUT2D eigenvalue weighted by molar-refractivity contribution is -0.133. The van der Waals surface area contributed by atoms with Crippen LogP contribution in [0.3, 0.4) is 0 Å². The predicted molar refractivity (Wildman–Crippen MR) is 72.5 cm³/mol. The van der Waals surface area contributed by atoms with Crippen molar-refractivity contribution in [3.05, 3.63) is 22.5 Å². The van der Waals surface area contributed by atoms with E-state index in [2.05, 4.69) is 20.4 Å². The van der Waals surface area contributed by atoms with Crippen LogP contribution in [0, 0.1) is 0 Å². The lowest BCUT2D eigenvalue weighted by Crippen LogP contribution is -2.09. The normalized spacial score (nSPS) is 10.7. The largest absolute Gasteiger partial charge is 0.481 e. The third-order valence-electron chi connectivity index (χ3n) is 2.40. The number of hydrogen-bond donors (Lipinski definition) is 2. The van der Waals surface area contributed by atoms with Gasteiger partial charge in [-0.05, 0) is 12.5 Å². The molecule has 0 aromatic carbocycles. The topological polar surface area (TPSA) is 114 Å². The maximum atomic E-state index is 11.0. The quantitative estimate of drug-likeness (QED) is 0.751. The molecule has 0 aliphatic rings. The number of aromatic amines is 1. The van der Waals surface area contributed by atoms with E-state index in [0.717, 1.165) is 18.2 Å². The second kappa shape index (κ2) is 6.33. The van der Waals surface area contributed by atoms with E-state index in [1.165, 1.54) is 6.07 Å². The summed E-state index contributed by atoms with van der Waals surface area (Å²) in [6.45, 7) is 2.64. The molecule has 2 N–H and O–H groups in total. The molecule has 0 spiro atoms. The summed E-state index contributed by atoms with van der Waals surface area (Å²) in [5, 5.41) is 23.5. The van der Waals surface area contributed by atoms with Gasteiger partial charge in [-0.2, -0.15) is 5.10 Å². The predicted octanol–water partition coefficient (Wildman–Crippen LogP) is 0.615. The SMILES string of the molecule is CCCn1c(SCC(=O)O)nnc1-c1ccc(=O)[nH]n1. The van der Waals surface area contributed by atoms with Crippen LogP contribution < -0.4 is 5.56 Å². The van der Waals surface area contributed by atoms with Crippen LogP contribution in [0.25, 0.3) is 11.5 Å². The number of H-pyrrole nitrogens is 1. The molecule has 0 fully saturated rings. The van der Waals surface area contributed by atoms with Gasteiger partial charge >= 0.3 is 5.97 Å². The lowest BCUT2D eigenvalue weighted by Gasteiger charge is -2.07. The monoisotopic (exact) mass is 295 g/mol. The maximum absolute atomic E-state index is 11.0. The van der Waals surface area contributed by atoms with Crippen molar-refractivity contribution >= 4 is 17.7 Å². The Bertz CT molecular complexity index is 646. The number of carbonyl (C=O) groups is 1. The first kappa shape index (κ1) is 14.3. The lowest BCUT2D eigenvalue weighted by atomic mass is 10.3. The van der Waals surface area contributed by atoms with E-state index in [1.807, 2.05) is 6.92 Å². The molecular formula is C11H13N5O3S. The molecule has 106 valence electrons. The Balaban J connectivity index is 2.35. The molecule has 8 nitrogen and oxygen atoms in total. The highest BCUT2D eigenvalue weighted by molar-refractivity contribution is 7.99. The van der Waals surface area contributed by atoms with Crippen LogP contribution in [-0.4, -0.2) is 41.8 Å². The molecular weight excluding hydrogens is 282 g/mol. The zero-order valence-corrected chi connectivity index (χ0v) is 11.6. The number of carboxylic acid groups (broad SMARTS) is 1. The second-order valence-electron chi connectivity index (χ2n) is 3.95. The molecule has 2 aromatic rings. The van der Waals surface area contributed by atoms with Crippen LogP contribution >= 0.6 is 11.8 Å². The standard InChI is InChI=1S/C11H13N5O3S/c1-2-5-16-10(7-3-4-8(17)13-12-7)14-15-11(16)20-6-9(18)19/h3-4H,2,5-6H2,1H3,(H,13,17)(H,18,19). The molecule has 0 aliphatic carbocycles. The number of nitrogens with zero attached hydrogens (tertiary/aromatic N) is 4. The minimum Gasteiger partial charge on any atom is -0.481 e. The Morgan fingerprint density at radius 1 is 1.45 bits per heavy atom. The van der Waals surface area contributed by atoms with Gasteiger partial charge in [0.1, 0.15) is 5.69 Å². The number of aromatic nitrogens is 5. The summed E-state index contributed by atoms with van der Waals surface area (Å²) in [7, 11) is 0. The van der Waals surface area contributed by atoms with Crippen molar-refractivity contribution < 1.29 is 9.90 Å². The molecule has 0 unspecified atom stereocenters.